The van der Waals surface area contributed by atoms with E-state index in [4.69, 9.17) is 4.74 Å². The SMILES string of the molecule is C=C(/C=N\C)/C=C(\C)C1CC[C@@H]2C1(C)CC=C1C=C3CCC(N(C)C(C)C)C[C@]34CC[C@@]12O4. The summed E-state index contributed by atoms with van der Waals surface area (Å²) in [5.74, 6) is 1.19. The van der Waals surface area contributed by atoms with Gasteiger partial charge in [0.25, 0.3) is 0 Å². The van der Waals surface area contributed by atoms with Crippen LogP contribution < -0.4 is 0 Å². The van der Waals surface area contributed by atoms with E-state index in [1.165, 1.54) is 56.1 Å². The quantitative estimate of drug-likeness (QED) is 0.346. The third-order valence-corrected chi connectivity index (χ3v) is 10.3. The maximum Gasteiger partial charge on any atom is 0.0974 e. The average Bonchev–Trinajstić information content (AvgIpc) is 3.28. The highest BCUT2D eigenvalue weighted by molar-refractivity contribution is 5.81. The lowest BCUT2D eigenvalue weighted by Gasteiger charge is -2.55. The van der Waals surface area contributed by atoms with Gasteiger partial charge in [0.05, 0.1) is 11.2 Å². The number of hydrogen-bond acceptors (Lipinski definition) is 3. The molecule has 0 aromatic rings. The van der Waals surface area contributed by atoms with Crippen molar-refractivity contribution in [1.29, 1.82) is 0 Å². The van der Waals surface area contributed by atoms with Gasteiger partial charge in [0.1, 0.15) is 0 Å². The maximum absolute atomic E-state index is 7.45. The Balaban J connectivity index is 1.47. The van der Waals surface area contributed by atoms with E-state index in [0.29, 0.717) is 23.9 Å². The summed E-state index contributed by atoms with van der Waals surface area (Å²) in [6, 6.07) is 1.22. The highest BCUT2D eigenvalue weighted by atomic mass is 16.5. The smallest absolute Gasteiger partial charge is 0.0974 e. The Morgan fingerprint density at radius 2 is 2.06 bits per heavy atom. The highest BCUT2D eigenvalue weighted by Gasteiger charge is 2.66. The predicted molar refractivity (Wildman–Crippen MR) is 139 cm³/mol. The molecule has 2 saturated carbocycles. The fourth-order valence-corrected chi connectivity index (χ4v) is 8.50. The fraction of sp³-hybridized carbons (Fsp3) is 0.700. The van der Waals surface area contributed by atoms with Crippen molar-refractivity contribution in [3.8, 4) is 0 Å². The summed E-state index contributed by atoms with van der Waals surface area (Å²) in [4.78, 5) is 6.74. The molecule has 3 nitrogen and oxygen atoms in total. The molecular formula is C30H44N2O. The molecule has 3 aliphatic carbocycles. The second-order valence-electron chi connectivity index (χ2n) is 12.2. The lowest BCUT2D eigenvalue weighted by atomic mass is 9.58. The standard InChI is InChI=1S/C30H44N2O/c1-20(2)32(7)25-9-8-23-17-24-12-13-28(5)26(22(4)16-21(3)19-31-6)10-11-27(28)30(24)15-14-29(23,18-25)33-30/h12,16-17,19-20,25-27H,3,8-11,13-15,18H2,1-2,4-7H3/b22-16+,31-19-/t25?,26?,27-,28?,29-,30-/m1/s1. The Morgan fingerprint density at radius 1 is 1.27 bits per heavy atom. The lowest BCUT2D eigenvalue weighted by Crippen LogP contribution is -2.55. The van der Waals surface area contributed by atoms with Gasteiger partial charge < -0.3 is 9.64 Å². The Morgan fingerprint density at radius 3 is 2.79 bits per heavy atom. The van der Waals surface area contributed by atoms with Gasteiger partial charge >= 0.3 is 0 Å². The summed E-state index contributed by atoms with van der Waals surface area (Å²) in [6.07, 6.45) is 19.1. The number of ether oxygens (including phenoxy) is 1. The molecule has 0 aromatic heterocycles. The molecule has 0 N–H and O–H groups in total. The minimum atomic E-state index is -0.0638. The summed E-state index contributed by atoms with van der Waals surface area (Å²) in [6.45, 7) is 13.7. The van der Waals surface area contributed by atoms with Gasteiger partial charge in [0, 0.05) is 25.3 Å². The van der Waals surface area contributed by atoms with Crippen LogP contribution in [0.2, 0.25) is 0 Å². The average molecular weight is 449 g/mol. The van der Waals surface area contributed by atoms with E-state index in [0.717, 1.165) is 12.0 Å². The van der Waals surface area contributed by atoms with Gasteiger partial charge in [-0.2, -0.15) is 0 Å². The van der Waals surface area contributed by atoms with Gasteiger partial charge in [-0.1, -0.05) is 37.3 Å². The molecule has 2 aliphatic heterocycles. The second-order valence-corrected chi connectivity index (χ2v) is 12.2. The maximum atomic E-state index is 7.45. The minimum absolute atomic E-state index is 0.0174. The molecule has 33 heavy (non-hydrogen) atoms. The van der Waals surface area contributed by atoms with E-state index < -0.39 is 0 Å². The van der Waals surface area contributed by atoms with Crippen LogP contribution >= 0.6 is 0 Å². The zero-order chi connectivity index (χ0) is 23.6. The molecule has 2 spiro atoms. The van der Waals surface area contributed by atoms with Gasteiger partial charge in [-0.25, -0.2) is 0 Å². The number of aliphatic imine (C=N–C) groups is 1. The molecule has 0 aromatic carbocycles. The van der Waals surface area contributed by atoms with Crippen molar-refractivity contribution in [2.75, 3.05) is 14.1 Å². The molecular weight excluding hydrogens is 404 g/mol. The molecule has 6 atom stereocenters. The topological polar surface area (TPSA) is 24.8 Å². The van der Waals surface area contributed by atoms with Crippen LogP contribution in [0.25, 0.3) is 0 Å². The van der Waals surface area contributed by atoms with E-state index in [1.807, 2.05) is 13.3 Å². The first kappa shape index (κ1) is 23.3. The summed E-state index contributed by atoms with van der Waals surface area (Å²) < 4.78 is 7.45. The van der Waals surface area contributed by atoms with Gasteiger partial charge in [-0.15, -0.1) is 0 Å². The molecule has 3 fully saturated rings. The number of nitrogens with zero attached hydrogens (tertiary/aromatic N) is 2. The van der Waals surface area contributed by atoms with Crippen LogP contribution in [0.1, 0.15) is 79.1 Å². The first-order valence-corrected chi connectivity index (χ1v) is 13.3. The summed E-state index contributed by atoms with van der Waals surface area (Å²) in [5.41, 5.74) is 5.77. The molecule has 0 radical (unpaired) electrons. The van der Waals surface area contributed by atoms with Crippen molar-refractivity contribution >= 4 is 6.21 Å². The first-order chi connectivity index (χ1) is 15.6. The van der Waals surface area contributed by atoms with Crippen LogP contribution in [-0.4, -0.2) is 48.5 Å². The third-order valence-electron chi connectivity index (χ3n) is 10.3. The van der Waals surface area contributed by atoms with E-state index >= 15 is 0 Å². The third kappa shape index (κ3) is 3.40. The molecule has 3 unspecified atom stereocenters. The van der Waals surface area contributed by atoms with Crippen LogP contribution in [0, 0.1) is 17.3 Å². The van der Waals surface area contributed by atoms with Gasteiger partial charge in [0.15, 0.2) is 0 Å². The van der Waals surface area contributed by atoms with E-state index in [9.17, 15) is 0 Å². The highest BCUT2D eigenvalue weighted by Crippen LogP contribution is 2.68. The van der Waals surface area contributed by atoms with Crippen molar-refractivity contribution in [3.63, 3.8) is 0 Å². The van der Waals surface area contributed by atoms with Crippen molar-refractivity contribution < 1.29 is 4.74 Å². The predicted octanol–water partition coefficient (Wildman–Crippen LogP) is 6.67. The summed E-state index contributed by atoms with van der Waals surface area (Å²) in [7, 11) is 4.13. The number of rotatable bonds is 5. The number of hydrogen-bond donors (Lipinski definition) is 0. The number of allylic oxidation sites excluding steroid dienone is 4. The van der Waals surface area contributed by atoms with Gasteiger partial charge in [-0.05, 0) is 113 Å². The lowest BCUT2D eigenvalue weighted by molar-refractivity contribution is -0.142. The molecule has 5 aliphatic rings. The Labute approximate surface area is 201 Å². The fourth-order valence-electron chi connectivity index (χ4n) is 8.50. The Bertz CT molecular complexity index is 954. The minimum Gasteiger partial charge on any atom is -0.359 e. The molecule has 5 rings (SSSR count). The molecule has 2 bridgehead atoms. The molecule has 0 amide bonds. The van der Waals surface area contributed by atoms with Crippen LogP contribution in [-0.2, 0) is 4.74 Å². The largest absolute Gasteiger partial charge is 0.359 e. The first-order valence-electron chi connectivity index (χ1n) is 13.3. The van der Waals surface area contributed by atoms with Gasteiger partial charge in [-0.3, -0.25) is 4.99 Å². The monoisotopic (exact) mass is 448 g/mol. The van der Waals surface area contributed by atoms with Crippen LogP contribution in [0.15, 0.2) is 52.1 Å². The molecule has 180 valence electrons. The van der Waals surface area contributed by atoms with E-state index in [2.05, 4.69) is 69.4 Å². The zero-order valence-electron chi connectivity index (χ0n) is 21.8. The van der Waals surface area contributed by atoms with Crippen molar-refractivity contribution in [2.45, 2.75) is 102 Å². The van der Waals surface area contributed by atoms with Crippen LogP contribution in [0.5, 0.6) is 0 Å². The van der Waals surface area contributed by atoms with Crippen molar-refractivity contribution in [2.24, 2.45) is 22.2 Å². The molecule has 1 saturated heterocycles. The summed E-state index contributed by atoms with van der Waals surface area (Å²) >= 11 is 0. The summed E-state index contributed by atoms with van der Waals surface area (Å²) in [5, 5.41) is 0. The zero-order valence-corrected chi connectivity index (χ0v) is 21.8. The van der Waals surface area contributed by atoms with Crippen LogP contribution in [0.4, 0.5) is 0 Å². The second kappa shape index (κ2) is 8.05. The van der Waals surface area contributed by atoms with Crippen LogP contribution in [0.3, 0.4) is 0 Å². The molecule has 2 heterocycles. The van der Waals surface area contributed by atoms with E-state index in [1.54, 1.807) is 5.57 Å². The van der Waals surface area contributed by atoms with Gasteiger partial charge in [0.2, 0.25) is 0 Å². The van der Waals surface area contributed by atoms with Crippen molar-refractivity contribution in [3.05, 3.63) is 47.1 Å². The Kier molecular flexibility index (Phi) is 5.69. The van der Waals surface area contributed by atoms with E-state index in [-0.39, 0.29) is 16.6 Å². The number of fused-ring (bicyclic) bond motifs is 1. The van der Waals surface area contributed by atoms with Crippen molar-refractivity contribution in [1.82, 2.24) is 4.90 Å². The normalized spacial score (nSPS) is 42.3. The Hall–Kier alpha value is -1.45. The molecule has 3 heteroatoms.